The summed E-state index contributed by atoms with van der Waals surface area (Å²) in [6, 6.07) is 0. The molecule has 3 nitrogen and oxygen atoms in total. The van der Waals surface area contributed by atoms with Gasteiger partial charge in [-0.25, -0.2) is 0 Å². The molecule has 2 aliphatic carbocycles. The quantitative estimate of drug-likeness (QED) is 0.147. The Hall–Kier alpha value is -0.887. The van der Waals surface area contributed by atoms with E-state index in [0.717, 1.165) is 0 Å². The average molecular weight is 502 g/mol. The summed E-state index contributed by atoms with van der Waals surface area (Å²) in [6.07, 6.45) is -8.63. The van der Waals surface area contributed by atoms with Gasteiger partial charge in [0.25, 0.3) is 5.60 Å². The number of carbonyl (C=O) groups excluding carboxylic acids is 1. The van der Waals surface area contributed by atoms with Crippen molar-refractivity contribution in [1.82, 2.24) is 0 Å². The summed E-state index contributed by atoms with van der Waals surface area (Å²) in [6.45, 7) is 4.69. The Morgan fingerprint density at radius 1 is 1.21 bits per heavy atom. The second-order valence-corrected chi connectivity index (χ2v) is 7.18. The van der Waals surface area contributed by atoms with Gasteiger partial charge in [-0.2, -0.15) is 26.3 Å². The predicted molar refractivity (Wildman–Crippen MR) is 83.1 cm³/mol. The van der Waals surface area contributed by atoms with Crippen molar-refractivity contribution in [1.29, 1.82) is 0 Å². The van der Waals surface area contributed by atoms with E-state index < -0.39 is 42.4 Å². The van der Waals surface area contributed by atoms with Gasteiger partial charge in [-0.3, -0.25) is 11.4 Å². The summed E-state index contributed by atoms with van der Waals surface area (Å²) in [4.78, 5) is 11.4. The molecule has 1 radical (unpaired) electrons. The molecule has 2 rings (SSSR count). The first-order valence-electron chi connectivity index (χ1n) is 8.63. The molecule has 2 aliphatic rings. The van der Waals surface area contributed by atoms with Crippen molar-refractivity contribution in [2.24, 2.45) is 23.7 Å². The molecule has 0 aliphatic heterocycles. The van der Waals surface area contributed by atoms with E-state index in [1.165, 1.54) is 0 Å². The normalized spacial score (nSPS) is 28.4. The van der Waals surface area contributed by atoms with Gasteiger partial charge in [0.1, 0.15) is 12.1 Å². The fourth-order valence-corrected chi connectivity index (χ4v) is 4.30. The van der Waals surface area contributed by atoms with Crippen molar-refractivity contribution >= 4 is 5.97 Å². The third-order valence-corrected chi connectivity index (χ3v) is 5.70. The van der Waals surface area contributed by atoms with E-state index in [0.29, 0.717) is 19.3 Å². The Morgan fingerprint density at radius 3 is 2.25 bits per heavy atom. The van der Waals surface area contributed by atoms with E-state index in [9.17, 15) is 36.2 Å². The van der Waals surface area contributed by atoms with Gasteiger partial charge in [0.05, 0.1) is 0 Å². The fourth-order valence-electron chi connectivity index (χ4n) is 4.30. The number of allylic oxidation sites excluding steroid dienone is 2. The summed E-state index contributed by atoms with van der Waals surface area (Å²) >= 11 is 0. The van der Waals surface area contributed by atoms with E-state index in [1.807, 2.05) is 6.08 Å². The zero-order valence-electron chi connectivity index (χ0n) is 14.9. The van der Waals surface area contributed by atoms with E-state index in [4.69, 9.17) is 0 Å². The number of fused-ring (bicyclic) bond motifs is 2. The van der Waals surface area contributed by atoms with Crippen molar-refractivity contribution in [3.05, 3.63) is 24.8 Å². The monoisotopic (exact) mass is 502 g/mol. The van der Waals surface area contributed by atoms with E-state index in [-0.39, 0.29) is 37.2 Å². The number of carbonyl (C=O) groups is 1. The van der Waals surface area contributed by atoms with E-state index in [2.05, 4.69) is 11.3 Å². The Kier molecular flexibility index (Phi) is 7.96. The SMILES string of the molecule is C=[C-]C(=O)OC(CC1C2C=CC(C2)CC1CC)C(O)(C(F)(F)F)C(F)(F)F.[Rh]. The molecular formula is C18H21F6O3Rh-. The third kappa shape index (κ3) is 4.64. The molecule has 163 valence electrons. The second-order valence-electron chi connectivity index (χ2n) is 7.18. The van der Waals surface area contributed by atoms with E-state index in [1.54, 1.807) is 19.1 Å². The van der Waals surface area contributed by atoms with Crippen LogP contribution in [0.1, 0.15) is 32.6 Å². The van der Waals surface area contributed by atoms with Gasteiger partial charge >= 0.3 is 12.4 Å². The molecule has 5 atom stereocenters. The van der Waals surface area contributed by atoms with Crippen molar-refractivity contribution in [2.45, 2.75) is 56.7 Å². The number of esters is 1. The Balaban J connectivity index is 0.00000392. The van der Waals surface area contributed by atoms with Crippen LogP contribution in [0.25, 0.3) is 0 Å². The van der Waals surface area contributed by atoms with Crippen molar-refractivity contribution in [3.8, 4) is 0 Å². The molecular weight excluding hydrogens is 481 g/mol. The van der Waals surface area contributed by atoms with Gasteiger partial charge in [-0.1, -0.05) is 25.5 Å². The van der Waals surface area contributed by atoms with Crippen molar-refractivity contribution in [2.75, 3.05) is 0 Å². The van der Waals surface area contributed by atoms with Crippen LogP contribution in [0.15, 0.2) is 18.7 Å². The maximum Gasteiger partial charge on any atom is 0.430 e. The Bertz CT molecular complexity index is 587. The average Bonchev–Trinajstić information content (AvgIpc) is 2.95. The van der Waals surface area contributed by atoms with Gasteiger partial charge in [-0.15, -0.1) is 0 Å². The molecule has 10 heteroatoms. The molecule has 0 amide bonds. The molecule has 5 unspecified atom stereocenters. The van der Waals surface area contributed by atoms with Crippen LogP contribution in [-0.4, -0.2) is 35.1 Å². The van der Waals surface area contributed by atoms with Crippen molar-refractivity contribution in [3.63, 3.8) is 0 Å². The van der Waals surface area contributed by atoms with Crippen LogP contribution >= 0.6 is 0 Å². The van der Waals surface area contributed by atoms with Gasteiger partial charge in [0.2, 0.25) is 0 Å². The maximum atomic E-state index is 13.3. The van der Waals surface area contributed by atoms with Gasteiger partial charge in [0, 0.05) is 19.5 Å². The molecule has 0 aromatic rings. The molecule has 28 heavy (non-hydrogen) atoms. The first-order chi connectivity index (χ1) is 12.3. The first-order valence-corrected chi connectivity index (χ1v) is 8.63. The topological polar surface area (TPSA) is 46.5 Å². The minimum absolute atomic E-state index is 0. The maximum absolute atomic E-state index is 13.3. The molecule has 0 saturated heterocycles. The summed E-state index contributed by atoms with van der Waals surface area (Å²) < 4.78 is 84.3. The smallest absolute Gasteiger partial charge is 0.430 e. The van der Waals surface area contributed by atoms with Crippen LogP contribution in [0.4, 0.5) is 26.3 Å². The number of alkyl halides is 6. The Labute approximate surface area is 171 Å². The molecule has 0 aromatic carbocycles. The van der Waals surface area contributed by atoms with Gasteiger partial charge < -0.3 is 15.9 Å². The number of ether oxygens (including phenoxy) is 1. The molecule has 2 bridgehead atoms. The Morgan fingerprint density at radius 2 is 1.79 bits per heavy atom. The summed E-state index contributed by atoms with van der Waals surface area (Å²) in [5.74, 6) is -2.25. The number of halogens is 6. The number of rotatable bonds is 6. The number of hydrogen-bond acceptors (Lipinski definition) is 3. The fraction of sp³-hybridized carbons (Fsp3) is 0.722. The van der Waals surface area contributed by atoms with Crippen molar-refractivity contribution < 1.29 is 60.5 Å². The molecule has 0 heterocycles. The summed E-state index contributed by atoms with van der Waals surface area (Å²) in [5.41, 5.74) is -5.18. The molecule has 1 saturated carbocycles. The van der Waals surface area contributed by atoms with Crippen LogP contribution in [0.2, 0.25) is 0 Å². The van der Waals surface area contributed by atoms with Gasteiger partial charge in [0.15, 0.2) is 0 Å². The number of aliphatic hydroxyl groups is 1. The molecule has 1 fully saturated rings. The van der Waals surface area contributed by atoms with Gasteiger partial charge in [-0.05, 0) is 42.9 Å². The van der Waals surface area contributed by atoms with Crippen LogP contribution in [0.5, 0.6) is 0 Å². The summed E-state index contributed by atoms with van der Waals surface area (Å²) in [7, 11) is 0. The predicted octanol–water partition coefficient (Wildman–Crippen LogP) is 4.37. The van der Waals surface area contributed by atoms with Crippen LogP contribution in [0, 0.1) is 29.7 Å². The first kappa shape index (κ1) is 25.2. The minimum Gasteiger partial charge on any atom is -0.483 e. The molecule has 0 aromatic heterocycles. The third-order valence-electron chi connectivity index (χ3n) is 5.70. The largest absolute Gasteiger partial charge is 0.483 e. The zero-order valence-corrected chi connectivity index (χ0v) is 16.6. The standard InChI is InChI=1S/C18H21F6O3.Rh/c1-3-11-7-10-5-6-12(8-10)13(11)9-14(27-15(25)4-2)16(26,17(19,20)21)18(22,23)24;/h5-6,10-14,26H,2-3,7-9H2,1H3;/q-1;. The summed E-state index contributed by atoms with van der Waals surface area (Å²) in [5, 5.41) is 9.75. The minimum atomic E-state index is -6.08. The zero-order chi connectivity index (χ0) is 20.6. The molecule has 1 N–H and O–H groups in total. The second kappa shape index (κ2) is 8.86. The molecule has 0 spiro atoms. The van der Waals surface area contributed by atoms with E-state index >= 15 is 0 Å². The van der Waals surface area contributed by atoms with Crippen LogP contribution < -0.4 is 0 Å². The van der Waals surface area contributed by atoms with Crippen LogP contribution in [-0.2, 0) is 29.0 Å². The number of hydrogen-bond donors (Lipinski definition) is 1. The van der Waals surface area contributed by atoms with Crippen LogP contribution in [0.3, 0.4) is 0 Å².